The number of hydrogen-bond acceptors (Lipinski definition) is 4. The monoisotopic (exact) mass is 276 g/mol. The molecule has 20 heavy (non-hydrogen) atoms. The highest BCUT2D eigenvalue weighted by atomic mass is 15.1. The van der Waals surface area contributed by atoms with Crippen LogP contribution in [0.4, 0.5) is 0 Å². The Balaban J connectivity index is 1.55. The van der Waals surface area contributed by atoms with Crippen LogP contribution in [-0.4, -0.2) is 61.6 Å². The first-order valence-electron chi connectivity index (χ1n) is 7.72. The first-order chi connectivity index (χ1) is 9.74. The lowest BCUT2D eigenvalue weighted by Crippen LogP contribution is -2.37. The van der Waals surface area contributed by atoms with Crippen LogP contribution in [0.25, 0.3) is 0 Å². The van der Waals surface area contributed by atoms with E-state index in [0.29, 0.717) is 0 Å². The number of pyridine rings is 1. The summed E-state index contributed by atoms with van der Waals surface area (Å²) in [4.78, 5) is 9.21. The van der Waals surface area contributed by atoms with E-state index in [4.69, 9.17) is 0 Å². The minimum atomic E-state index is 0.864. The van der Waals surface area contributed by atoms with E-state index in [1.807, 2.05) is 18.3 Å². The van der Waals surface area contributed by atoms with E-state index < -0.39 is 0 Å². The maximum absolute atomic E-state index is 4.32. The number of nitrogens with one attached hydrogen (secondary N) is 1. The highest BCUT2D eigenvalue weighted by Crippen LogP contribution is 2.16. The Kier molecular flexibility index (Phi) is 6.43. The molecular formula is C16H28N4. The standard InChI is InChI=1S/C16H28N4/c1-19-10-6-15(7-11-19)14-20(2)12-9-17-13-16-5-3-4-8-18-16/h3-5,8,15,17H,6-7,9-14H2,1-2H3. The van der Waals surface area contributed by atoms with Gasteiger partial charge in [-0.1, -0.05) is 6.07 Å². The summed E-state index contributed by atoms with van der Waals surface area (Å²) in [6.45, 7) is 6.76. The summed E-state index contributed by atoms with van der Waals surface area (Å²) in [5.41, 5.74) is 1.12. The van der Waals surface area contributed by atoms with Crippen LogP contribution >= 0.6 is 0 Å². The Hall–Kier alpha value is -0.970. The quantitative estimate of drug-likeness (QED) is 0.764. The van der Waals surface area contributed by atoms with Crippen molar-refractivity contribution < 1.29 is 0 Å². The van der Waals surface area contributed by atoms with Crippen LogP contribution in [0, 0.1) is 5.92 Å². The summed E-state index contributed by atoms with van der Waals surface area (Å²) < 4.78 is 0. The molecule has 4 nitrogen and oxygen atoms in total. The van der Waals surface area contributed by atoms with Crippen molar-refractivity contribution in [3.63, 3.8) is 0 Å². The number of likely N-dealkylation sites (tertiary alicyclic amines) is 1. The zero-order chi connectivity index (χ0) is 14.2. The average molecular weight is 276 g/mol. The third-order valence-electron chi connectivity index (χ3n) is 4.11. The van der Waals surface area contributed by atoms with Gasteiger partial charge in [-0.15, -0.1) is 0 Å². The van der Waals surface area contributed by atoms with Crippen LogP contribution in [0.5, 0.6) is 0 Å². The maximum Gasteiger partial charge on any atom is 0.0541 e. The van der Waals surface area contributed by atoms with Crippen molar-refractivity contribution in [1.82, 2.24) is 20.1 Å². The lowest BCUT2D eigenvalue weighted by molar-refractivity contribution is 0.176. The van der Waals surface area contributed by atoms with Gasteiger partial charge in [0.05, 0.1) is 5.69 Å². The average Bonchev–Trinajstić information content (AvgIpc) is 2.47. The predicted molar refractivity (Wildman–Crippen MR) is 83.7 cm³/mol. The summed E-state index contributed by atoms with van der Waals surface area (Å²) >= 11 is 0. The summed E-state index contributed by atoms with van der Waals surface area (Å²) in [7, 11) is 4.46. The van der Waals surface area contributed by atoms with Crippen LogP contribution in [0.15, 0.2) is 24.4 Å². The van der Waals surface area contributed by atoms with Gasteiger partial charge in [0.2, 0.25) is 0 Å². The Morgan fingerprint density at radius 1 is 1.35 bits per heavy atom. The fourth-order valence-corrected chi connectivity index (χ4v) is 2.77. The zero-order valence-electron chi connectivity index (χ0n) is 12.9. The molecule has 112 valence electrons. The van der Waals surface area contributed by atoms with Gasteiger partial charge in [-0.25, -0.2) is 0 Å². The van der Waals surface area contributed by atoms with Crippen molar-refractivity contribution in [3.8, 4) is 0 Å². The number of aromatic nitrogens is 1. The lowest BCUT2D eigenvalue weighted by Gasteiger charge is -2.31. The number of nitrogens with zero attached hydrogens (tertiary/aromatic N) is 3. The van der Waals surface area contributed by atoms with E-state index in [2.05, 4.69) is 40.3 Å². The molecule has 2 heterocycles. The molecule has 1 aromatic rings. The number of likely N-dealkylation sites (N-methyl/N-ethyl adjacent to an activating group) is 1. The van der Waals surface area contributed by atoms with Gasteiger partial charge < -0.3 is 15.1 Å². The van der Waals surface area contributed by atoms with E-state index in [1.165, 1.54) is 32.5 Å². The molecule has 1 aromatic heterocycles. The lowest BCUT2D eigenvalue weighted by atomic mass is 9.97. The second-order valence-corrected chi connectivity index (χ2v) is 6.01. The molecule has 0 amide bonds. The van der Waals surface area contributed by atoms with E-state index in [9.17, 15) is 0 Å². The predicted octanol–water partition coefficient (Wildman–Crippen LogP) is 1.44. The highest BCUT2D eigenvalue weighted by molar-refractivity contribution is 5.02. The zero-order valence-corrected chi connectivity index (χ0v) is 12.9. The van der Waals surface area contributed by atoms with E-state index >= 15 is 0 Å². The fraction of sp³-hybridized carbons (Fsp3) is 0.688. The Morgan fingerprint density at radius 3 is 2.85 bits per heavy atom. The SMILES string of the molecule is CN1CCC(CN(C)CCNCc2ccccn2)CC1. The topological polar surface area (TPSA) is 31.4 Å². The molecule has 0 saturated carbocycles. The maximum atomic E-state index is 4.32. The summed E-state index contributed by atoms with van der Waals surface area (Å²) in [6.07, 6.45) is 4.55. The molecule has 0 bridgehead atoms. The Morgan fingerprint density at radius 2 is 2.15 bits per heavy atom. The van der Waals surface area contributed by atoms with E-state index in [0.717, 1.165) is 31.2 Å². The van der Waals surface area contributed by atoms with Crippen molar-refractivity contribution in [2.24, 2.45) is 5.92 Å². The van der Waals surface area contributed by atoms with Gasteiger partial charge in [0, 0.05) is 32.4 Å². The van der Waals surface area contributed by atoms with Crippen molar-refractivity contribution in [3.05, 3.63) is 30.1 Å². The van der Waals surface area contributed by atoms with Gasteiger partial charge >= 0.3 is 0 Å². The van der Waals surface area contributed by atoms with Gasteiger partial charge in [-0.05, 0) is 58.1 Å². The number of piperidine rings is 1. The number of hydrogen-bond donors (Lipinski definition) is 1. The molecule has 0 radical (unpaired) electrons. The molecular weight excluding hydrogens is 248 g/mol. The van der Waals surface area contributed by atoms with E-state index in [-0.39, 0.29) is 0 Å². The van der Waals surface area contributed by atoms with Crippen molar-refractivity contribution >= 4 is 0 Å². The molecule has 0 aromatic carbocycles. The molecule has 1 aliphatic heterocycles. The molecule has 0 unspecified atom stereocenters. The highest BCUT2D eigenvalue weighted by Gasteiger charge is 2.17. The van der Waals surface area contributed by atoms with Gasteiger partial charge in [-0.2, -0.15) is 0 Å². The molecule has 4 heteroatoms. The molecule has 1 aliphatic rings. The van der Waals surface area contributed by atoms with Crippen LogP contribution < -0.4 is 5.32 Å². The summed E-state index contributed by atoms with van der Waals surface area (Å²) in [6, 6.07) is 6.06. The molecule has 0 aliphatic carbocycles. The van der Waals surface area contributed by atoms with Crippen LogP contribution in [0.3, 0.4) is 0 Å². The Bertz CT molecular complexity index is 360. The van der Waals surface area contributed by atoms with Crippen molar-refractivity contribution in [2.75, 3.05) is 46.8 Å². The molecule has 1 N–H and O–H groups in total. The summed E-state index contributed by atoms with van der Waals surface area (Å²) in [5, 5.41) is 3.46. The van der Waals surface area contributed by atoms with Crippen LogP contribution in [0.2, 0.25) is 0 Å². The molecule has 1 fully saturated rings. The first-order valence-corrected chi connectivity index (χ1v) is 7.72. The third-order valence-corrected chi connectivity index (χ3v) is 4.11. The summed E-state index contributed by atoms with van der Waals surface area (Å²) in [5.74, 6) is 0.881. The van der Waals surface area contributed by atoms with Crippen molar-refractivity contribution in [2.45, 2.75) is 19.4 Å². The number of rotatable bonds is 7. The smallest absolute Gasteiger partial charge is 0.0541 e. The minimum absolute atomic E-state index is 0.864. The normalized spacial score (nSPS) is 17.8. The van der Waals surface area contributed by atoms with E-state index in [1.54, 1.807) is 0 Å². The second kappa shape index (κ2) is 8.35. The van der Waals surface area contributed by atoms with Gasteiger partial charge in [0.1, 0.15) is 0 Å². The van der Waals surface area contributed by atoms with Crippen molar-refractivity contribution in [1.29, 1.82) is 0 Å². The van der Waals surface area contributed by atoms with Crippen LogP contribution in [-0.2, 0) is 6.54 Å². The largest absolute Gasteiger partial charge is 0.310 e. The molecule has 2 rings (SSSR count). The molecule has 0 atom stereocenters. The Labute approximate surface area is 123 Å². The van der Waals surface area contributed by atoms with Gasteiger partial charge in [0.25, 0.3) is 0 Å². The first kappa shape index (κ1) is 15.4. The van der Waals surface area contributed by atoms with Gasteiger partial charge in [-0.3, -0.25) is 4.98 Å². The molecule has 0 spiro atoms. The van der Waals surface area contributed by atoms with Crippen LogP contribution in [0.1, 0.15) is 18.5 Å². The minimum Gasteiger partial charge on any atom is -0.310 e. The van der Waals surface area contributed by atoms with Gasteiger partial charge in [0.15, 0.2) is 0 Å². The fourth-order valence-electron chi connectivity index (χ4n) is 2.77. The third kappa shape index (κ3) is 5.57. The molecule has 1 saturated heterocycles. The second-order valence-electron chi connectivity index (χ2n) is 6.01.